The van der Waals surface area contributed by atoms with Crippen LogP contribution in [-0.4, -0.2) is 62.6 Å². The van der Waals surface area contributed by atoms with Gasteiger partial charge in [0.15, 0.2) is 0 Å². The summed E-state index contributed by atoms with van der Waals surface area (Å²) in [5.41, 5.74) is 3.91. The van der Waals surface area contributed by atoms with Gasteiger partial charge in [0.2, 0.25) is 5.91 Å². The summed E-state index contributed by atoms with van der Waals surface area (Å²) < 4.78 is 15.5. The lowest BCUT2D eigenvalue weighted by atomic mass is 9.90. The van der Waals surface area contributed by atoms with Crippen molar-refractivity contribution in [2.24, 2.45) is 0 Å². The summed E-state index contributed by atoms with van der Waals surface area (Å²) >= 11 is 1.60. The number of rotatable bonds is 10. The van der Waals surface area contributed by atoms with Gasteiger partial charge in [-0.15, -0.1) is 11.3 Å². The van der Waals surface area contributed by atoms with E-state index in [1.54, 1.807) is 23.5 Å². The van der Waals surface area contributed by atoms with Crippen molar-refractivity contribution in [3.05, 3.63) is 70.6 Å². The molecular formula is C29H35FN6O2S. The van der Waals surface area contributed by atoms with Gasteiger partial charge in [0.1, 0.15) is 22.3 Å². The fourth-order valence-corrected chi connectivity index (χ4v) is 6.19. The van der Waals surface area contributed by atoms with E-state index < -0.39 is 0 Å². The maximum atomic E-state index is 13.3. The van der Waals surface area contributed by atoms with E-state index in [2.05, 4.69) is 50.2 Å². The van der Waals surface area contributed by atoms with E-state index in [9.17, 15) is 14.3 Å². The predicted molar refractivity (Wildman–Crippen MR) is 152 cm³/mol. The molecule has 0 radical (unpaired) electrons. The number of benzene rings is 1. The Morgan fingerprint density at radius 1 is 1.21 bits per heavy atom. The first-order chi connectivity index (χ1) is 18.9. The van der Waals surface area contributed by atoms with Gasteiger partial charge in [-0.05, 0) is 74.2 Å². The molecule has 0 spiro atoms. The first kappa shape index (κ1) is 27.2. The summed E-state index contributed by atoms with van der Waals surface area (Å²) in [7, 11) is 0. The number of aliphatic hydroxyl groups excluding tert-OH is 1. The van der Waals surface area contributed by atoms with Gasteiger partial charge in [0.05, 0.1) is 30.6 Å². The summed E-state index contributed by atoms with van der Waals surface area (Å²) in [6, 6.07) is 10.6. The van der Waals surface area contributed by atoms with E-state index >= 15 is 0 Å². The SMILES string of the molecule is CCC(Nc1cnc2ccc(C3CCN(C(CO)CNC(C)=O)CC3)cn12)c1nc(-c2ccc(F)cc2)cs1. The third-order valence-corrected chi connectivity index (χ3v) is 8.49. The van der Waals surface area contributed by atoms with Gasteiger partial charge in [0, 0.05) is 30.6 Å². The third kappa shape index (κ3) is 6.29. The van der Waals surface area contributed by atoms with Crippen LogP contribution in [0, 0.1) is 5.82 Å². The lowest BCUT2D eigenvalue weighted by Gasteiger charge is -2.37. The zero-order valence-corrected chi connectivity index (χ0v) is 23.1. The number of fused-ring (bicyclic) bond motifs is 1. The van der Waals surface area contributed by atoms with Gasteiger partial charge in [-0.25, -0.2) is 14.4 Å². The summed E-state index contributed by atoms with van der Waals surface area (Å²) in [6.45, 7) is 5.88. The quantitative estimate of drug-likeness (QED) is 0.262. The van der Waals surface area contributed by atoms with Crippen LogP contribution in [0.3, 0.4) is 0 Å². The van der Waals surface area contributed by atoms with Crippen molar-refractivity contribution >= 4 is 28.7 Å². The Labute approximate surface area is 231 Å². The number of carbonyl (C=O) groups excluding carboxylic acids is 1. The highest BCUT2D eigenvalue weighted by atomic mass is 32.1. The number of hydrogen-bond donors (Lipinski definition) is 3. The normalized spacial score (nSPS) is 16.3. The van der Waals surface area contributed by atoms with Crippen LogP contribution in [0.15, 0.2) is 54.2 Å². The second kappa shape index (κ2) is 12.2. The molecule has 0 saturated carbocycles. The van der Waals surface area contributed by atoms with Crippen LogP contribution in [0.4, 0.5) is 10.2 Å². The first-order valence-corrected chi connectivity index (χ1v) is 14.4. The summed E-state index contributed by atoms with van der Waals surface area (Å²) in [5, 5.41) is 19.3. The Hall–Kier alpha value is -3.34. The molecule has 1 fully saturated rings. The number of carbonyl (C=O) groups is 1. The smallest absolute Gasteiger partial charge is 0.216 e. The number of aromatic nitrogens is 3. The number of halogens is 1. The highest BCUT2D eigenvalue weighted by Gasteiger charge is 2.26. The minimum atomic E-state index is -0.254. The van der Waals surface area contributed by atoms with Crippen molar-refractivity contribution in [2.75, 3.05) is 31.6 Å². The monoisotopic (exact) mass is 550 g/mol. The zero-order valence-electron chi connectivity index (χ0n) is 22.3. The molecule has 4 heterocycles. The number of imidazole rings is 1. The van der Waals surface area contributed by atoms with Crippen molar-refractivity contribution in [1.82, 2.24) is 24.6 Å². The largest absolute Gasteiger partial charge is 0.395 e. The summed E-state index contributed by atoms with van der Waals surface area (Å²) in [4.78, 5) is 23.0. The molecule has 1 amide bonds. The second-order valence-corrected chi connectivity index (χ2v) is 11.0. The number of thiazole rings is 1. The molecular weight excluding hydrogens is 515 g/mol. The molecule has 0 bridgehead atoms. The average Bonchev–Trinajstić information content (AvgIpc) is 3.60. The third-order valence-electron chi connectivity index (χ3n) is 7.53. The zero-order chi connectivity index (χ0) is 27.4. The van der Waals surface area contributed by atoms with Gasteiger partial charge >= 0.3 is 0 Å². The van der Waals surface area contributed by atoms with E-state index in [0.717, 1.165) is 60.1 Å². The Morgan fingerprint density at radius 3 is 2.67 bits per heavy atom. The van der Waals surface area contributed by atoms with Gasteiger partial charge in [-0.2, -0.15) is 0 Å². The number of hydrogen-bond acceptors (Lipinski definition) is 7. The predicted octanol–water partition coefficient (Wildman–Crippen LogP) is 4.84. The highest BCUT2D eigenvalue weighted by molar-refractivity contribution is 7.10. The first-order valence-electron chi connectivity index (χ1n) is 13.5. The van der Waals surface area contributed by atoms with Crippen LogP contribution >= 0.6 is 11.3 Å². The van der Waals surface area contributed by atoms with Crippen molar-refractivity contribution in [3.63, 3.8) is 0 Å². The molecule has 4 aromatic rings. The molecule has 1 aromatic carbocycles. The van der Waals surface area contributed by atoms with Crippen molar-refractivity contribution in [3.8, 4) is 11.3 Å². The molecule has 1 aliphatic rings. The summed E-state index contributed by atoms with van der Waals surface area (Å²) in [5.74, 6) is 1.01. The van der Waals surface area contributed by atoms with Crippen molar-refractivity contribution in [2.45, 2.75) is 51.1 Å². The molecule has 1 aliphatic heterocycles. The number of pyridine rings is 1. The number of aliphatic hydroxyl groups is 1. The number of amides is 1. The van der Waals surface area contributed by atoms with E-state index in [0.29, 0.717) is 12.5 Å². The number of likely N-dealkylation sites (tertiary alicyclic amines) is 1. The van der Waals surface area contributed by atoms with Crippen LogP contribution in [-0.2, 0) is 4.79 Å². The van der Waals surface area contributed by atoms with Gasteiger partial charge < -0.3 is 15.7 Å². The lowest BCUT2D eigenvalue weighted by molar-refractivity contribution is -0.119. The second-order valence-electron chi connectivity index (χ2n) is 10.1. The van der Waals surface area contributed by atoms with Gasteiger partial charge in [0.25, 0.3) is 0 Å². The van der Waals surface area contributed by atoms with Gasteiger partial charge in [-0.3, -0.25) is 14.1 Å². The molecule has 8 nitrogen and oxygen atoms in total. The van der Waals surface area contributed by atoms with Crippen LogP contribution < -0.4 is 10.6 Å². The minimum Gasteiger partial charge on any atom is -0.395 e. The number of nitrogens with one attached hydrogen (secondary N) is 2. The van der Waals surface area contributed by atoms with E-state index in [1.165, 1.54) is 24.6 Å². The molecule has 5 rings (SSSR count). The molecule has 2 unspecified atom stereocenters. The molecule has 3 aromatic heterocycles. The topological polar surface area (TPSA) is 94.8 Å². The summed E-state index contributed by atoms with van der Waals surface area (Å²) in [6.07, 6.45) is 6.88. The Kier molecular flexibility index (Phi) is 8.54. The fourth-order valence-electron chi connectivity index (χ4n) is 5.23. The molecule has 3 N–H and O–H groups in total. The number of anilines is 1. The van der Waals surface area contributed by atoms with Crippen LogP contribution in [0.5, 0.6) is 0 Å². The molecule has 206 valence electrons. The van der Waals surface area contributed by atoms with Crippen LogP contribution in [0.1, 0.15) is 55.6 Å². The lowest BCUT2D eigenvalue weighted by Crippen LogP contribution is -2.48. The van der Waals surface area contributed by atoms with E-state index in [-0.39, 0.29) is 30.4 Å². The number of piperidine rings is 1. The van der Waals surface area contributed by atoms with Crippen LogP contribution in [0.25, 0.3) is 16.9 Å². The van der Waals surface area contributed by atoms with Crippen molar-refractivity contribution < 1.29 is 14.3 Å². The highest BCUT2D eigenvalue weighted by Crippen LogP contribution is 2.32. The van der Waals surface area contributed by atoms with E-state index in [1.807, 2.05) is 11.6 Å². The molecule has 39 heavy (non-hydrogen) atoms. The van der Waals surface area contributed by atoms with Crippen LogP contribution in [0.2, 0.25) is 0 Å². The fraction of sp³-hybridized carbons (Fsp3) is 0.414. The van der Waals surface area contributed by atoms with Crippen molar-refractivity contribution in [1.29, 1.82) is 0 Å². The Balaban J connectivity index is 1.27. The maximum absolute atomic E-state index is 13.3. The minimum absolute atomic E-state index is 0.0232. The van der Waals surface area contributed by atoms with E-state index in [4.69, 9.17) is 4.98 Å². The Bertz CT molecular complexity index is 1400. The number of nitrogens with zero attached hydrogens (tertiary/aromatic N) is 4. The molecule has 0 aliphatic carbocycles. The standard InChI is InChI=1S/C29H35FN6O2S/c1-3-25(29-34-26(18-39-29)21-4-7-23(30)8-5-21)33-28-15-32-27-9-6-22(16-36(27)28)20-10-12-35(13-11-20)24(17-37)14-31-19(2)38/h4-9,15-16,18,20,24-25,33,37H,3,10-14,17H2,1-2H3,(H,31,38). The molecule has 1 saturated heterocycles. The molecule has 2 atom stereocenters. The molecule has 10 heteroatoms. The Morgan fingerprint density at radius 2 is 1.97 bits per heavy atom. The maximum Gasteiger partial charge on any atom is 0.216 e. The average molecular weight is 551 g/mol. The van der Waals surface area contributed by atoms with Gasteiger partial charge in [-0.1, -0.05) is 13.0 Å².